The zero-order valence-corrected chi connectivity index (χ0v) is 16.2. The van der Waals surface area contributed by atoms with Gasteiger partial charge in [-0.2, -0.15) is 0 Å². The predicted octanol–water partition coefficient (Wildman–Crippen LogP) is 1.37. The van der Waals surface area contributed by atoms with Gasteiger partial charge >= 0.3 is 0 Å². The topological polar surface area (TPSA) is 85.9 Å². The Bertz CT molecular complexity index is 784. The highest BCUT2D eigenvalue weighted by Gasteiger charge is 2.31. The summed E-state index contributed by atoms with van der Waals surface area (Å²) in [7, 11) is 0. The maximum atomic E-state index is 12.6. The third kappa shape index (κ3) is 5.33. The average molecular weight is 382 g/mol. The van der Waals surface area contributed by atoms with E-state index < -0.39 is 0 Å². The van der Waals surface area contributed by atoms with Gasteiger partial charge in [0.1, 0.15) is 12.4 Å². The number of quaternary nitrogens is 1. The molecule has 28 heavy (non-hydrogen) atoms. The molecule has 148 valence electrons. The summed E-state index contributed by atoms with van der Waals surface area (Å²) in [6, 6.07) is 17.2. The first kappa shape index (κ1) is 19.9. The number of likely N-dealkylation sites (tertiary alicyclic amines) is 1. The molecule has 6 heteroatoms. The molecule has 1 fully saturated rings. The van der Waals surface area contributed by atoms with E-state index in [0.29, 0.717) is 6.61 Å². The molecule has 1 atom stereocenters. The fourth-order valence-corrected chi connectivity index (χ4v) is 3.52. The summed E-state index contributed by atoms with van der Waals surface area (Å²) < 4.78 is 5.77. The highest BCUT2D eigenvalue weighted by molar-refractivity contribution is 5.93. The van der Waals surface area contributed by atoms with Gasteiger partial charge < -0.3 is 20.7 Å². The summed E-state index contributed by atoms with van der Waals surface area (Å²) in [5.74, 6) is 0.452. The van der Waals surface area contributed by atoms with Crippen LogP contribution in [-0.2, 0) is 16.2 Å². The third-order valence-corrected chi connectivity index (χ3v) is 5.41. The van der Waals surface area contributed by atoms with Crippen molar-refractivity contribution >= 4 is 17.5 Å². The monoisotopic (exact) mass is 382 g/mol. The number of rotatable bonds is 7. The normalized spacial score (nSPS) is 20.2. The van der Waals surface area contributed by atoms with Crippen molar-refractivity contribution in [1.29, 1.82) is 0 Å². The van der Waals surface area contributed by atoms with Crippen molar-refractivity contribution in [1.82, 2.24) is 0 Å². The van der Waals surface area contributed by atoms with Crippen molar-refractivity contribution in [2.45, 2.75) is 32.4 Å². The first-order chi connectivity index (χ1) is 13.5. The Balaban J connectivity index is 1.48. The van der Waals surface area contributed by atoms with Crippen LogP contribution in [0.3, 0.4) is 0 Å². The van der Waals surface area contributed by atoms with Crippen LogP contribution in [0.4, 0.5) is 5.69 Å². The summed E-state index contributed by atoms with van der Waals surface area (Å²) in [6.07, 6.45) is 1.49. The van der Waals surface area contributed by atoms with Gasteiger partial charge in [0.15, 0.2) is 6.04 Å². The highest BCUT2D eigenvalue weighted by Crippen LogP contribution is 2.17. The van der Waals surface area contributed by atoms with Gasteiger partial charge in [-0.1, -0.05) is 30.3 Å². The molecule has 4 N–H and O–H groups in total. The van der Waals surface area contributed by atoms with Crippen LogP contribution >= 0.6 is 0 Å². The molecule has 6 nitrogen and oxygen atoms in total. The quantitative estimate of drug-likeness (QED) is 0.676. The number of benzene rings is 2. The van der Waals surface area contributed by atoms with E-state index in [0.717, 1.165) is 42.9 Å². The number of carbonyl (C=O) groups excluding carboxylic acids is 2. The lowest BCUT2D eigenvalue weighted by Crippen LogP contribution is -3.17. The lowest BCUT2D eigenvalue weighted by Gasteiger charge is -2.31. The average Bonchev–Trinajstić information content (AvgIpc) is 2.73. The molecule has 0 aromatic heterocycles. The Kier molecular flexibility index (Phi) is 6.66. The number of anilines is 1. The van der Waals surface area contributed by atoms with Gasteiger partial charge in [-0.3, -0.25) is 9.59 Å². The minimum absolute atomic E-state index is 0.0227. The Hall–Kier alpha value is -2.86. The second-order valence-corrected chi connectivity index (χ2v) is 7.34. The molecule has 0 bridgehead atoms. The van der Waals surface area contributed by atoms with Gasteiger partial charge in [0, 0.05) is 24.4 Å². The van der Waals surface area contributed by atoms with E-state index in [4.69, 9.17) is 10.5 Å². The lowest BCUT2D eigenvalue weighted by molar-refractivity contribution is -0.919. The summed E-state index contributed by atoms with van der Waals surface area (Å²) in [5, 5.41) is 2.97. The largest absolute Gasteiger partial charge is 0.489 e. The zero-order chi connectivity index (χ0) is 19.9. The Morgan fingerprint density at radius 1 is 1.11 bits per heavy atom. The molecule has 2 aromatic rings. The molecule has 2 amide bonds. The molecule has 0 radical (unpaired) electrons. The Labute approximate surface area is 165 Å². The van der Waals surface area contributed by atoms with E-state index in [1.54, 1.807) is 0 Å². The van der Waals surface area contributed by atoms with E-state index in [-0.39, 0.29) is 23.8 Å². The maximum absolute atomic E-state index is 12.6. The van der Waals surface area contributed by atoms with E-state index >= 15 is 0 Å². The molecular weight excluding hydrogens is 354 g/mol. The first-order valence-corrected chi connectivity index (χ1v) is 9.74. The first-order valence-electron chi connectivity index (χ1n) is 9.74. The second kappa shape index (κ2) is 9.37. The van der Waals surface area contributed by atoms with Crippen molar-refractivity contribution in [3.05, 3.63) is 60.2 Å². The zero-order valence-electron chi connectivity index (χ0n) is 16.2. The Morgan fingerprint density at radius 2 is 1.75 bits per heavy atom. The number of nitrogens with two attached hydrogens (primary N) is 1. The predicted molar refractivity (Wildman–Crippen MR) is 108 cm³/mol. The van der Waals surface area contributed by atoms with E-state index in [2.05, 4.69) is 5.32 Å². The summed E-state index contributed by atoms with van der Waals surface area (Å²) in [6.45, 7) is 4.00. The number of primary amides is 1. The van der Waals surface area contributed by atoms with Crippen LogP contribution in [0.15, 0.2) is 54.6 Å². The molecule has 1 saturated heterocycles. The molecule has 1 aliphatic heterocycles. The van der Waals surface area contributed by atoms with Crippen molar-refractivity contribution in [3.8, 4) is 5.75 Å². The van der Waals surface area contributed by atoms with Crippen LogP contribution in [0.2, 0.25) is 0 Å². The van der Waals surface area contributed by atoms with Gasteiger partial charge in [0.2, 0.25) is 5.91 Å². The third-order valence-electron chi connectivity index (χ3n) is 5.41. The molecule has 3 rings (SSSR count). The van der Waals surface area contributed by atoms with E-state index in [9.17, 15) is 9.59 Å². The van der Waals surface area contributed by atoms with E-state index in [1.165, 1.54) is 4.90 Å². The molecule has 1 aliphatic rings. The van der Waals surface area contributed by atoms with Crippen LogP contribution in [-0.4, -0.2) is 30.9 Å². The van der Waals surface area contributed by atoms with Crippen molar-refractivity contribution in [3.63, 3.8) is 0 Å². The van der Waals surface area contributed by atoms with Crippen molar-refractivity contribution in [2.75, 3.05) is 18.4 Å². The van der Waals surface area contributed by atoms with Crippen molar-refractivity contribution in [2.24, 2.45) is 11.7 Å². The molecule has 1 heterocycles. The van der Waals surface area contributed by atoms with Gasteiger partial charge in [0.25, 0.3) is 5.91 Å². The fourth-order valence-electron chi connectivity index (χ4n) is 3.52. The van der Waals surface area contributed by atoms with Gasteiger partial charge in [0.05, 0.1) is 13.1 Å². The number of hydrogen-bond acceptors (Lipinski definition) is 3. The fraction of sp³-hybridized carbons (Fsp3) is 0.364. The number of nitrogens with one attached hydrogen (secondary N) is 2. The minimum atomic E-state index is -0.231. The molecule has 0 unspecified atom stereocenters. The Morgan fingerprint density at radius 3 is 2.36 bits per heavy atom. The van der Waals surface area contributed by atoms with Crippen LogP contribution < -0.4 is 20.7 Å². The van der Waals surface area contributed by atoms with Crippen LogP contribution in [0.1, 0.15) is 25.3 Å². The molecule has 2 aromatic carbocycles. The standard InChI is InChI=1S/C22H27N3O3/c1-16(25-13-11-18(12-14-25)21(23)26)22(27)24-19-7-9-20(10-8-19)28-15-17-5-3-2-4-6-17/h2-10,16,18H,11-15H2,1H3,(H2,23,26)(H,24,27)/p+1/t16-/m0/s1. The number of ether oxygens (including phenoxy) is 1. The van der Waals surface area contributed by atoms with Gasteiger partial charge in [-0.25, -0.2) is 0 Å². The van der Waals surface area contributed by atoms with Crippen molar-refractivity contribution < 1.29 is 19.2 Å². The lowest BCUT2D eigenvalue weighted by atomic mass is 9.95. The molecule has 0 aliphatic carbocycles. The summed E-state index contributed by atoms with van der Waals surface area (Å²) in [4.78, 5) is 25.0. The smallest absolute Gasteiger partial charge is 0.282 e. The number of hydrogen-bond donors (Lipinski definition) is 3. The molecular formula is C22H28N3O3+. The number of carbonyl (C=O) groups is 2. The van der Waals surface area contributed by atoms with Gasteiger partial charge in [-0.15, -0.1) is 0 Å². The van der Waals surface area contributed by atoms with Crippen LogP contribution in [0, 0.1) is 5.92 Å². The number of piperidine rings is 1. The minimum Gasteiger partial charge on any atom is -0.489 e. The van der Waals surface area contributed by atoms with Gasteiger partial charge in [-0.05, 0) is 36.8 Å². The van der Waals surface area contributed by atoms with Crippen LogP contribution in [0.5, 0.6) is 5.75 Å². The SMILES string of the molecule is C[C@@H](C(=O)Nc1ccc(OCc2ccccc2)cc1)[NH+]1CCC(C(N)=O)CC1. The number of amides is 2. The molecule has 0 saturated carbocycles. The molecule has 0 spiro atoms. The summed E-state index contributed by atoms with van der Waals surface area (Å²) >= 11 is 0. The second-order valence-electron chi connectivity index (χ2n) is 7.34. The highest BCUT2D eigenvalue weighted by atomic mass is 16.5. The van der Waals surface area contributed by atoms with Crippen LogP contribution in [0.25, 0.3) is 0 Å². The maximum Gasteiger partial charge on any atom is 0.282 e. The summed E-state index contributed by atoms with van der Waals surface area (Å²) in [5.41, 5.74) is 7.23. The van der Waals surface area contributed by atoms with E-state index in [1.807, 2.05) is 61.5 Å².